The summed E-state index contributed by atoms with van der Waals surface area (Å²) in [4.78, 5) is 28.2. The maximum atomic E-state index is 12.0. The van der Waals surface area contributed by atoms with Crippen LogP contribution in [-0.4, -0.2) is 25.8 Å². The van der Waals surface area contributed by atoms with Crippen molar-refractivity contribution in [1.82, 2.24) is 19.9 Å². The lowest BCUT2D eigenvalue weighted by Crippen LogP contribution is -2.28. The number of hydrogen-bond acceptors (Lipinski definition) is 4. The van der Waals surface area contributed by atoms with Gasteiger partial charge >= 0.3 is 0 Å². The van der Waals surface area contributed by atoms with Gasteiger partial charge in [-0.3, -0.25) is 4.79 Å². The lowest BCUT2D eigenvalue weighted by molar-refractivity contribution is -0.122. The molecule has 0 aliphatic heterocycles. The van der Waals surface area contributed by atoms with Crippen LogP contribution in [0, 0.1) is 12.8 Å². The third-order valence-corrected chi connectivity index (χ3v) is 4.28. The van der Waals surface area contributed by atoms with Crippen LogP contribution in [0.2, 0.25) is 0 Å². The van der Waals surface area contributed by atoms with Gasteiger partial charge in [0.25, 0.3) is 0 Å². The number of nitrogens with one attached hydrogen (secondary N) is 2. The number of fused-ring (bicyclic) bond motifs is 1. The molecule has 6 heteroatoms. The maximum Gasteiger partial charge on any atom is 0.228 e. The molecule has 6 nitrogen and oxygen atoms in total. The van der Waals surface area contributed by atoms with Crippen LogP contribution in [0.15, 0.2) is 30.6 Å². The largest absolute Gasteiger partial charge is 0.353 e. The van der Waals surface area contributed by atoms with Gasteiger partial charge in [-0.2, -0.15) is 0 Å². The van der Waals surface area contributed by atoms with Crippen molar-refractivity contribution in [1.29, 1.82) is 0 Å². The molecule has 3 heterocycles. The summed E-state index contributed by atoms with van der Waals surface area (Å²) in [5, 5.41) is 3.88. The first kappa shape index (κ1) is 13.9. The number of hydrogen-bond donors (Lipinski definition) is 2. The molecular weight excluding hydrogens is 290 g/mol. The van der Waals surface area contributed by atoms with Gasteiger partial charge in [-0.15, -0.1) is 0 Å². The number of carbonyl (C=O) groups is 1. The quantitative estimate of drug-likeness (QED) is 0.779. The fourth-order valence-corrected chi connectivity index (χ4v) is 2.74. The number of anilines is 1. The molecule has 1 fully saturated rings. The number of nitrogens with zero attached hydrogens (tertiary/aromatic N) is 3. The summed E-state index contributed by atoms with van der Waals surface area (Å²) in [6, 6.07) is 5.73. The Morgan fingerprint density at radius 3 is 2.91 bits per heavy atom. The number of rotatable bonds is 3. The minimum Gasteiger partial charge on any atom is -0.353 e. The SMILES string of the molecule is Cc1nccc(-c2cc3cnc(NC(=O)C4CCC4)cc3[nH]2)n1. The van der Waals surface area contributed by atoms with Gasteiger partial charge in [0.15, 0.2) is 0 Å². The Kier molecular flexibility index (Phi) is 3.29. The van der Waals surface area contributed by atoms with Crippen LogP contribution in [0.5, 0.6) is 0 Å². The summed E-state index contributed by atoms with van der Waals surface area (Å²) in [6.07, 6.45) is 6.61. The van der Waals surface area contributed by atoms with E-state index in [2.05, 4.69) is 25.3 Å². The highest BCUT2D eigenvalue weighted by atomic mass is 16.2. The number of pyridine rings is 1. The zero-order valence-corrected chi connectivity index (χ0v) is 12.8. The molecule has 1 aliphatic carbocycles. The monoisotopic (exact) mass is 307 g/mol. The summed E-state index contributed by atoms with van der Waals surface area (Å²) in [5.74, 6) is 1.53. The van der Waals surface area contributed by atoms with E-state index in [9.17, 15) is 4.79 Å². The Balaban J connectivity index is 1.62. The van der Waals surface area contributed by atoms with Crippen molar-refractivity contribution in [3.63, 3.8) is 0 Å². The second-order valence-corrected chi connectivity index (χ2v) is 5.95. The van der Waals surface area contributed by atoms with Crippen LogP contribution in [0.3, 0.4) is 0 Å². The first-order valence-electron chi connectivity index (χ1n) is 7.79. The molecule has 0 atom stereocenters. The van der Waals surface area contributed by atoms with Crippen LogP contribution in [0.1, 0.15) is 25.1 Å². The minimum absolute atomic E-state index is 0.0707. The van der Waals surface area contributed by atoms with Gasteiger partial charge in [0, 0.05) is 29.8 Å². The number of aromatic amines is 1. The van der Waals surface area contributed by atoms with Crippen molar-refractivity contribution in [3.8, 4) is 11.4 Å². The molecule has 0 spiro atoms. The second kappa shape index (κ2) is 5.46. The number of aryl methyl sites for hydroxylation is 1. The molecule has 23 heavy (non-hydrogen) atoms. The van der Waals surface area contributed by atoms with Crippen LogP contribution in [0.25, 0.3) is 22.3 Å². The van der Waals surface area contributed by atoms with Gasteiger partial charge in [0.2, 0.25) is 5.91 Å². The van der Waals surface area contributed by atoms with Crippen molar-refractivity contribution in [2.24, 2.45) is 5.92 Å². The zero-order valence-electron chi connectivity index (χ0n) is 12.8. The highest BCUT2D eigenvalue weighted by molar-refractivity contribution is 5.94. The van der Waals surface area contributed by atoms with Crippen molar-refractivity contribution < 1.29 is 4.79 Å². The molecule has 1 amide bonds. The lowest BCUT2D eigenvalue weighted by Gasteiger charge is -2.23. The highest BCUT2D eigenvalue weighted by Gasteiger charge is 2.25. The Morgan fingerprint density at radius 2 is 2.17 bits per heavy atom. The van der Waals surface area contributed by atoms with E-state index in [4.69, 9.17) is 0 Å². The van der Waals surface area contributed by atoms with E-state index in [1.54, 1.807) is 12.4 Å². The molecule has 0 radical (unpaired) electrons. The van der Waals surface area contributed by atoms with E-state index in [0.717, 1.165) is 47.4 Å². The van der Waals surface area contributed by atoms with E-state index in [1.165, 1.54) is 0 Å². The molecule has 3 aromatic rings. The molecule has 1 aliphatic rings. The highest BCUT2D eigenvalue weighted by Crippen LogP contribution is 2.28. The summed E-state index contributed by atoms with van der Waals surface area (Å²) < 4.78 is 0. The van der Waals surface area contributed by atoms with Crippen molar-refractivity contribution in [2.75, 3.05) is 5.32 Å². The second-order valence-electron chi connectivity index (χ2n) is 5.95. The first-order chi connectivity index (χ1) is 11.2. The average molecular weight is 307 g/mol. The van der Waals surface area contributed by atoms with E-state index < -0.39 is 0 Å². The van der Waals surface area contributed by atoms with Crippen molar-refractivity contribution >= 4 is 22.6 Å². The summed E-state index contributed by atoms with van der Waals surface area (Å²) in [6.45, 7) is 1.86. The molecule has 0 aromatic carbocycles. The summed E-state index contributed by atoms with van der Waals surface area (Å²) >= 11 is 0. The van der Waals surface area contributed by atoms with Gasteiger partial charge in [-0.25, -0.2) is 15.0 Å². The van der Waals surface area contributed by atoms with Crippen molar-refractivity contribution in [2.45, 2.75) is 26.2 Å². The number of aromatic nitrogens is 4. The Labute approximate surface area is 133 Å². The minimum atomic E-state index is 0.0707. The Morgan fingerprint density at radius 1 is 1.30 bits per heavy atom. The van der Waals surface area contributed by atoms with E-state index >= 15 is 0 Å². The predicted octanol–water partition coefficient (Wildman–Crippen LogP) is 3.07. The molecular formula is C17H17N5O. The summed E-state index contributed by atoms with van der Waals surface area (Å²) in [5.41, 5.74) is 2.68. The standard InChI is InChI=1S/C17H17N5O/c1-10-18-6-5-13(20-10)15-7-12-9-19-16(8-14(12)21-15)22-17(23)11-3-2-4-11/h5-9,11,21H,2-4H2,1H3,(H,19,22,23). The molecule has 3 aromatic heterocycles. The van der Waals surface area contributed by atoms with Gasteiger partial charge in [0.05, 0.1) is 16.9 Å². The number of carbonyl (C=O) groups excluding carboxylic acids is 1. The van der Waals surface area contributed by atoms with E-state index in [1.807, 2.05) is 25.1 Å². The van der Waals surface area contributed by atoms with Crippen LogP contribution >= 0.6 is 0 Å². The molecule has 0 saturated heterocycles. The van der Waals surface area contributed by atoms with E-state index in [-0.39, 0.29) is 11.8 Å². The van der Waals surface area contributed by atoms with Gasteiger partial charge < -0.3 is 10.3 Å². The normalized spacial score (nSPS) is 14.7. The van der Waals surface area contributed by atoms with Gasteiger partial charge in [0.1, 0.15) is 11.6 Å². The molecule has 4 rings (SSSR count). The van der Waals surface area contributed by atoms with Crippen molar-refractivity contribution in [3.05, 3.63) is 36.4 Å². The number of amides is 1. The molecule has 2 N–H and O–H groups in total. The molecule has 0 bridgehead atoms. The summed E-state index contributed by atoms with van der Waals surface area (Å²) in [7, 11) is 0. The maximum absolute atomic E-state index is 12.0. The predicted molar refractivity (Wildman–Crippen MR) is 87.8 cm³/mol. The third kappa shape index (κ3) is 2.67. The average Bonchev–Trinajstić information content (AvgIpc) is 2.88. The third-order valence-electron chi connectivity index (χ3n) is 4.28. The Hall–Kier alpha value is -2.76. The molecule has 1 saturated carbocycles. The van der Waals surface area contributed by atoms with Crippen LogP contribution < -0.4 is 5.32 Å². The van der Waals surface area contributed by atoms with Gasteiger partial charge in [-0.05, 0) is 31.9 Å². The van der Waals surface area contributed by atoms with Gasteiger partial charge in [-0.1, -0.05) is 6.42 Å². The smallest absolute Gasteiger partial charge is 0.228 e. The lowest BCUT2D eigenvalue weighted by atomic mass is 9.85. The fraction of sp³-hybridized carbons (Fsp3) is 0.294. The zero-order chi connectivity index (χ0) is 15.8. The molecule has 0 unspecified atom stereocenters. The topological polar surface area (TPSA) is 83.6 Å². The fourth-order valence-electron chi connectivity index (χ4n) is 2.74. The van der Waals surface area contributed by atoms with Crippen LogP contribution in [0.4, 0.5) is 5.82 Å². The van der Waals surface area contributed by atoms with E-state index in [0.29, 0.717) is 5.82 Å². The number of H-pyrrole nitrogens is 1. The Bertz CT molecular complexity index is 882. The van der Waals surface area contributed by atoms with Crippen LogP contribution in [-0.2, 0) is 4.79 Å². The first-order valence-corrected chi connectivity index (χ1v) is 7.79. The molecule has 116 valence electrons.